The van der Waals surface area contributed by atoms with Crippen LogP contribution in [0.3, 0.4) is 0 Å². The van der Waals surface area contributed by atoms with E-state index in [1.54, 1.807) is 12.5 Å². The summed E-state index contributed by atoms with van der Waals surface area (Å²) in [6.45, 7) is 8.71. The highest BCUT2D eigenvalue weighted by atomic mass is 35.5. The minimum atomic E-state index is -0.367. The van der Waals surface area contributed by atoms with E-state index in [1.807, 2.05) is 27.8 Å². The van der Waals surface area contributed by atoms with Crippen LogP contribution in [0, 0.1) is 13.8 Å². The predicted octanol–water partition coefficient (Wildman–Crippen LogP) is 2.77. The zero-order chi connectivity index (χ0) is 29.8. The smallest absolute Gasteiger partial charge is 0.258 e. The first kappa shape index (κ1) is 29.8. The van der Waals surface area contributed by atoms with Crippen LogP contribution in [0.5, 0.6) is 11.5 Å². The fourth-order valence-corrected chi connectivity index (χ4v) is 6.28. The molecule has 220 valence electrons. The van der Waals surface area contributed by atoms with Gasteiger partial charge < -0.3 is 30.2 Å². The molecule has 3 aromatic heterocycles. The molecule has 0 bridgehead atoms. The highest BCUT2D eigenvalue weighted by Crippen LogP contribution is 2.39. The number of carbonyl (C=O) groups excluding carboxylic acids is 1. The second-order valence-electron chi connectivity index (χ2n) is 9.70. The summed E-state index contributed by atoms with van der Waals surface area (Å²) in [7, 11) is 4.94. The number of ether oxygens (including phenoxy) is 3. The van der Waals surface area contributed by atoms with Crippen molar-refractivity contribution in [1.82, 2.24) is 24.8 Å². The third-order valence-corrected chi connectivity index (χ3v) is 8.32. The molecule has 12 nitrogen and oxygen atoms in total. The first-order valence-electron chi connectivity index (χ1n) is 13.4. The van der Waals surface area contributed by atoms with Gasteiger partial charge in [0.05, 0.1) is 48.9 Å². The van der Waals surface area contributed by atoms with E-state index in [0.717, 1.165) is 44.9 Å². The zero-order valence-electron chi connectivity index (χ0n) is 24.1. The fourth-order valence-electron chi connectivity index (χ4n) is 4.93. The number of hydrogen-bond donors (Lipinski definition) is 3. The van der Waals surface area contributed by atoms with Gasteiger partial charge in [-0.3, -0.25) is 9.69 Å². The maximum absolute atomic E-state index is 13.5. The number of methoxy groups -OCH3 is 2. The lowest BCUT2D eigenvalue weighted by atomic mass is 9.90. The number of benzene rings is 1. The van der Waals surface area contributed by atoms with Crippen molar-refractivity contribution >= 4 is 75.5 Å². The Morgan fingerprint density at radius 2 is 1.88 bits per heavy atom. The van der Waals surface area contributed by atoms with Gasteiger partial charge in [0.1, 0.15) is 48.2 Å². The van der Waals surface area contributed by atoms with E-state index in [4.69, 9.17) is 25.8 Å². The van der Waals surface area contributed by atoms with Crippen LogP contribution in [0.4, 0.5) is 23.1 Å². The number of thiophene rings is 1. The van der Waals surface area contributed by atoms with Gasteiger partial charge in [0.25, 0.3) is 5.91 Å². The van der Waals surface area contributed by atoms with E-state index in [1.165, 1.54) is 24.8 Å². The van der Waals surface area contributed by atoms with Crippen molar-refractivity contribution in [2.75, 3.05) is 69.6 Å². The van der Waals surface area contributed by atoms with E-state index >= 15 is 0 Å². The molecule has 0 saturated carbocycles. The Kier molecular flexibility index (Phi) is 9.26. The number of amides is 1. The number of nitrogens with one attached hydrogen (secondary N) is 3. The third kappa shape index (κ3) is 6.21. The number of fused-ring (bicyclic) bond motifs is 1. The summed E-state index contributed by atoms with van der Waals surface area (Å²) >= 11 is 7.99. The zero-order valence-corrected chi connectivity index (χ0v) is 25.7. The molecule has 0 atom stereocenters. The Balaban J connectivity index is 1.35. The number of halogens is 1. The summed E-state index contributed by atoms with van der Waals surface area (Å²) < 4.78 is 17.2. The van der Waals surface area contributed by atoms with Crippen LogP contribution in [-0.2, 0) is 4.74 Å². The number of aryl methyl sites for hydroxylation is 1. The molecular weight excluding hydrogens is 579 g/mol. The van der Waals surface area contributed by atoms with Crippen molar-refractivity contribution < 1.29 is 19.0 Å². The average molecular weight is 611 g/mol. The van der Waals surface area contributed by atoms with Gasteiger partial charge in [-0.2, -0.15) is 0 Å². The molecule has 1 aliphatic heterocycles. The van der Waals surface area contributed by atoms with Crippen molar-refractivity contribution in [1.29, 1.82) is 0 Å². The Bertz CT molecular complexity index is 1580. The van der Waals surface area contributed by atoms with E-state index in [2.05, 4.69) is 40.8 Å². The van der Waals surface area contributed by atoms with Crippen molar-refractivity contribution in [2.45, 2.75) is 13.8 Å². The molecule has 4 aromatic rings. The first-order chi connectivity index (χ1) is 20.3. The molecule has 0 spiro atoms. The quantitative estimate of drug-likeness (QED) is 0.229. The lowest BCUT2D eigenvalue weighted by molar-refractivity contribution is 0.0398. The van der Waals surface area contributed by atoms with E-state index < -0.39 is 0 Å². The van der Waals surface area contributed by atoms with E-state index in [0.29, 0.717) is 66.8 Å². The second kappa shape index (κ2) is 13.1. The summed E-state index contributed by atoms with van der Waals surface area (Å²) in [4.78, 5) is 33.7. The molecule has 4 heterocycles. The fraction of sp³-hybridized carbons (Fsp3) is 0.370. The van der Waals surface area contributed by atoms with Gasteiger partial charge in [-0.25, -0.2) is 19.9 Å². The number of hydrogen-bond acceptors (Lipinski definition) is 12. The van der Waals surface area contributed by atoms with Gasteiger partial charge >= 0.3 is 0 Å². The molecule has 0 radical (unpaired) electrons. The summed E-state index contributed by atoms with van der Waals surface area (Å²) in [5, 5.41) is 11.6. The van der Waals surface area contributed by atoms with Crippen molar-refractivity contribution in [3.05, 3.63) is 39.7 Å². The number of anilines is 4. The molecule has 0 unspecified atom stereocenters. The lowest BCUT2D eigenvalue weighted by Crippen LogP contribution is -2.39. The van der Waals surface area contributed by atoms with Gasteiger partial charge in [0.15, 0.2) is 5.82 Å². The molecule has 1 fully saturated rings. The highest BCUT2D eigenvalue weighted by molar-refractivity contribution is 7.18. The van der Waals surface area contributed by atoms with Crippen LogP contribution in [0.25, 0.3) is 10.2 Å². The number of carbonyl (C=O) groups is 1. The minimum absolute atomic E-state index is 0.298. The van der Waals surface area contributed by atoms with Gasteiger partial charge in [-0.05, 0) is 19.3 Å². The van der Waals surface area contributed by atoms with Crippen LogP contribution in [0.2, 0.25) is 5.02 Å². The molecule has 0 aliphatic carbocycles. The van der Waals surface area contributed by atoms with Crippen LogP contribution in [0.15, 0.2) is 17.8 Å². The largest absolute Gasteiger partial charge is 0.497 e. The highest BCUT2D eigenvalue weighted by Gasteiger charge is 2.24. The van der Waals surface area contributed by atoms with Gasteiger partial charge in [0, 0.05) is 43.2 Å². The Labute approximate surface area is 253 Å². The Morgan fingerprint density at radius 1 is 1.14 bits per heavy atom. The molecule has 1 aliphatic rings. The molecule has 1 amide bonds. The topological polar surface area (TPSA) is 136 Å². The number of aromatic nitrogens is 4. The predicted molar refractivity (Wildman–Crippen MR) is 169 cm³/mol. The van der Waals surface area contributed by atoms with E-state index in [9.17, 15) is 4.79 Å². The molecule has 42 heavy (non-hydrogen) atoms. The summed E-state index contributed by atoms with van der Waals surface area (Å²) in [6.07, 6.45) is 1.42. The first-order valence-corrected chi connectivity index (χ1v) is 14.7. The Hall–Kier alpha value is -3.72. The van der Waals surface area contributed by atoms with Crippen LogP contribution >= 0.6 is 22.9 Å². The van der Waals surface area contributed by atoms with Gasteiger partial charge in [-0.1, -0.05) is 11.6 Å². The second-order valence-corrected chi connectivity index (χ2v) is 11.0. The maximum Gasteiger partial charge on any atom is 0.258 e. The van der Waals surface area contributed by atoms with Crippen molar-refractivity contribution in [2.24, 2.45) is 0 Å². The molecule has 5 rings (SSSR count). The summed E-state index contributed by atoms with van der Waals surface area (Å²) in [6, 6.07) is 1.84. The van der Waals surface area contributed by atoms with Crippen LogP contribution in [-0.4, -0.2) is 92.2 Å². The molecule has 3 N–H and O–H groups in total. The van der Waals surface area contributed by atoms with Crippen LogP contribution in [0.1, 0.15) is 21.7 Å². The lowest BCUT2D eigenvalue weighted by Gasteiger charge is -2.26. The number of nitrogens with zero attached hydrogens (tertiary/aromatic N) is 5. The van der Waals surface area contributed by atoms with Gasteiger partial charge in [-0.15, -0.1) is 11.3 Å². The molecule has 15 heteroatoms. The van der Waals surface area contributed by atoms with Crippen molar-refractivity contribution in [3.8, 4) is 11.5 Å². The van der Waals surface area contributed by atoms with Crippen molar-refractivity contribution in [3.63, 3.8) is 0 Å². The van der Waals surface area contributed by atoms with Crippen LogP contribution < -0.4 is 30.9 Å². The maximum atomic E-state index is 13.5. The number of morpholine rings is 1. The summed E-state index contributed by atoms with van der Waals surface area (Å²) in [5.74, 6) is 3.10. The third-order valence-electron chi connectivity index (χ3n) is 6.98. The number of rotatable bonds is 10. The Morgan fingerprint density at radius 3 is 2.62 bits per heavy atom. The monoisotopic (exact) mass is 610 g/mol. The SMILES string of the molecule is Bc1c(OC)c(C)c(NC(=O)c2csc3c(Nc4cc(NCCN5CCOCC5)nc(C)n4)ncnc23)c(Cl)c1OC. The molecule has 1 aromatic carbocycles. The summed E-state index contributed by atoms with van der Waals surface area (Å²) in [5.41, 5.74) is 2.75. The normalized spacial score (nSPS) is 13.6. The minimum Gasteiger partial charge on any atom is -0.497 e. The molecule has 1 saturated heterocycles. The standard InChI is InChI=1S/C27H32BClN8O4S/c1-14-21(20(29)24(40-4)19(28)23(14)39-3)36-27(38)16-12-42-25-22(16)31-13-32-26(25)35-18-11-17(33-15(2)34-18)30-5-6-37-7-9-41-10-8-37/h11-13H,5-10,28H2,1-4H3,(H,36,38)(H2,30,31,32,33,34,35). The average Bonchev–Trinajstić information content (AvgIpc) is 3.42. The van der Waals surface area contributed by atoms with E-state index in [-0.39, 0.29) is 5.91 Å². The van der Waals surface area contributed by atoms with Gasteiger partial charge in [0.2, 0.25) is 0 Å². The molecular formula is C27H32BClN8O4S.